The van der Waals surface area contributed by atoms with Crippen LogP contribution in [0.2, 0.25) is 0 Å². The van der Waals surface area contributed by atoms with Gasteiger partial charge in [0.25, 0.3) is 0 Å². The summed E-state index contributed by atoms with van der Waals surface area (Å²) in [5.74, 6) is -0.321. The van der Waals surface area contributed by atoms with Crippen LogP contribution in [0.15, 0.2) is 54.1 Å². The number of anilines is 1. The Balaban J connectivity index is 1.68. The molecule has 0 aliphatic heterocycles. The number of nitriles is 1. The second kappa shape index (κ2) is 6.68. The van der Waals surface area contributed by atoms with Crippen molar-refractivity contribution >= 4 is 28.3 Å². The van der Waals surface area contributed by atoms with Gasteiger partial charge in [-0.15, -0.1) is 16.4 Å². The minimum Gasteiger partial charge on any atom is -0.313 e. The highest BCUT2D eigenvalue weighted by atomic mass is 32.1. The van der Waals surface area contributed by atoms with Crippen LogP contribution in [0.1, 0.15) is 11.3 Å². The number of carbonyl (C=O) groups excluding carboxylic acids is 1. The predicted octanol–water partition coefficient (Wildman–Crippen LogP) is 2.85. The molecular weight excluding hydrogens is 310 g/mol. The van der Waals surface area contributed by atoms with Crippen molar-refractivity contribution in [3.05, 3.63) is 65.3 Å². The van der Waals surface area contributed by atoms with Gasteiger partial charge < -0.3 is 5.32 Å². The molecule has 1 N–H and O–H groups in total. The zero-order valence-corrected chi connectivity index (χ0v) is 12.7. The number of hydrogen-bond acceptors (Lipinski definition) is 5. The van der Waals surface area contributed by atoms with Gasteiger partial charge in [-0.05, 0) is 29.7 Å². The van der Waals surface area contributed by atoms with E-state index < -0.39 is 0 Å². The molecule has 7 heteroatoms. The van der Waals surface area contributed by atoms with Crippen molar-refractivity contribution in [3.8, 4) is 11.8 Å². The van der Waals surface area contributed by atoms with Crippen LogP contribution >= 0.6 is 11.3 Å². The number of nitrogens with zero attached hydrogens (tertiary/aromatic N) is 4. The molecule has 2 aromatic heterocycles. The fourth-order valence-corrected chi connectivity index (χ4v) is 2.59. The minimum atomic E-state index is -0.321. The summed E-state index contributed by atoms with van der Waals surface area (Å²) < 4.78 is 0. The number of amides is 1. The number of thiophene rings is 1. The number of nitrogens with one attached hydrogen (secondary N) is 1. The Morgan fingerprint density at radius 1 is 1.30 bits per heavy atom. The Kier molecular flexibility index (Phi) is 4.27. The molecule has 1 amide bonds. The van der Waals surface area contributed by atoms with E-state index in [4.69, 9.17) is 5.26 Å². The fourth-order valence-electron chi connectivity index (χ4n) is 1.85. The second-order valence-electron chi connectivity index (χ2n) is 4.49. The van der Waals surface area contributed by atoms with E-state index in [9.17, 15) is 4.79 Å². The predicted molar refractivity (Wildman–Crippen MR) is 88.1 cm³/mol. The van der Waals surface area contributed by atoms with E-state index in [0.717, 1.165) is 5.69 Å². The maximum atomic E-state index is 11.9. The third kappa shape index (κ3) is 3.51. The molecule has 1 aromatic carbocycles. The largest absolute Gasteiger partial charge is 0.313 e. The first-order chi connectivity index (χ1) is 11.3. The standard InChI is InChI=1S/C16H11N5OS/c17-10-12-8-9-23-16(12)19-15(22)7-6-13-11-18-21(20-13)14-4-2-1-3-5-14/h1-9,11H,(H,19,22)/b7-6+. The molecule has 6 nitrogen and oxygen atoms in total. The van der Waals surface area contributed by atoms with Crippen molar-refractivity contribution in [1.82, 2.24) is 15.0 Å². The number of carbonyl (C=O) groups is 1. The highest BCUT2D eigenvalue weighted by molar-refractivity contribution is 7.14. The van der Waals surface area contributed by atoms with Crippen molar-refractivity contribution in [2.45, 2.75) is 0 Å². The van der Waals surface area contributed by atoms with Gasteiger partial charge in [-0.25, -0.2) is 0 Å². The molecule has 0 fully saturated rings. The second-order valence-corrected chi connectivity index (χ2v) is 5.41. The van der Waals surface area contributed by atoms with Gasteiger partial charge in [0.15, 0.2) is 0 Å². The molecule has 0 aliphatic rings. The Morgan fingerprint density at radius 2 is 2.13 bits per heavy atom. The summed E-state index contributed by atoms with van der Waals surface area (Å²) in [6.45, 7) is 0. The van der Waals surface area contributed by atoms with Crippen LogP contribution in [0, 0.1) is 11.3 Å². The lowest BCUT2D eigenvalue weighted by Gasteiger charge is -1.98. The summed E-state index contributed by atoms with van der Waals surface area (Å²) in [6.07, 6.45) is 4.50. The maximum Gasteiger partial charge on any atom is 0.249 e. The lowest BCUT2D eigenvalue weighted by atomic mass is 10.3. The average Bonchev–Trinajstić information content (AvgIpc) is 3.23. The fraction of sp³-hybridized carbons (Fsp3) is 0. The van der Waals surface area contributed by atoms with Crippen molar-refractivity contribution in [3.63, 3.8) is 0 Å². The van der Waals surface area contributed by atoms with Crippen molar-refractivity contribution in [1.29, 1.82) is 5.26 Å². The minimum absolute atomic E-state index is 0.321. The van der Waals surface area contributed by atoms with Gasteiger partial charge in [0.1, 0.15) is 16.8 Å². The number of aromatic nitrogens is 3. The number of rotatable bonds is 4. The van der Waals surface area contributed by atoms with E-state index in [-0.39, 0.29) is 5.91 Å². The molecule has 0 atom stereocenters. The van der Waals surface area contributed by atoms with E-state index in [2.05, 4.69) is 15.5 Å². The summed E-state index contributed by atoms with van der Waals surface area (Å²) in [4.78, 5) is 13.4. The van der Waals surface area contributed by atoms with E-state index >= 15 is 0 Å². The van der Waals surface area contributed by atoms with Crippen molar-refractivity contribution < 1.29 is 4.79 Å². The topological polar surface area (TPSA) is 83.6 Å². The highest BCUT2D eigenvalue weighted by Gasteiger charge is 2.06. The van der Waals surface area contributed by atoms with Gasteiger partial charge >= 0.3 is 0 Å². The molecule has 0 unspecified atom stereocenters. The molecule has 0 radical (unpaired) electrons. The molecule has 0 spiro atoms. The smallest absolute Gasteiger partial charge is 0.249 e. The molecule has 3 aromatic rings. The monoisotopic (exact) mass is 321 g/mol. The lowest BCUT2D eigenvalue weighted by Crippen LogP contribution is -2.07. The molecule has 3 rings (SSSR count). The summed E-state index contributed by atoms with van der Waals surface area (Å²) in [6, 6.07) is 13.2. The van der Waals surface area contributed by atoms with Gasteiger partial charge in [0.05, 0.1) is 17.4 Å². The number of benzene rings is 1. The van der Waals surface area contributed by atoms with E-state index in [1.807, 2.05) is 36.4 Å². The van der Waals surface area contributed by atoms with Crippen molar-refractivity contribution in [2.24, 2.45) is 0 Å². The summed E-state index contributed by atoms with van der Waals surface area (Å²) in [5.41, 5.74) is 1.86. The molecular formula is C16H11N5OS. The van der Waals surface area contributed by atoms with Gasteiger partial charge in [0.2, 0.25) is 5.91 Å². The number of para-hydroxylation sites is 1. The van der Waals surface area contributed by atoms with Crippen LogP contribution in [0.3, 0.4) is 0 Å². The molecule has 112 valence electrons. The first-order valence-electron chi connectivity index (χ1n) is 6.71. The van der Waals surface area contributed by atoms with Crippen LogP contribution < -0.4 is 5.32 Å². The molecule has 0 aliphatic carbocycles. The lowest BCUT2D eigenvalue weighted by molar-refractivity contribution is -0.111. The number of hydrogen-bond donors (Lipinski definition) is 1. The van der Waals surface area contributed by atoms with Gasteiger partial charge in [-0.2, -0.15) is 15.2 Å². The zero-order valence-electron chi connectivity index (χ0n) is 11.9. The zero-order chi connectivity index (χ0) is 16.1. The Labute approximate surface area is 136 Å². The van der Waals surface area contributed by atoms with Crippen LogP contribution in [-0.2, 0) is 4.79 Å². The average molecular weight is 321 g/mol. The Hall–Kier alpha value is -3.24. The van der Waals surface area contributed by atoms with Gasteiger partial charge in [-0.1, -0.05) is 18.2 Å². The van der Waals surface area contributed by atoms with Crippen LogP contribution in [0.4, 0.5) is 5.00 Å². The normalized spacial score (nSPS) is 10.6. The van der Waals surface area contributed by atoms with Gasteiger partial charge in [0, 0.05) is 6.08 Å². The van der Waals surface area contributed by atoms with Crippen LogP contribution in [0.5, 0.6) is 0 Å². The molecule has 2 heterocycles. The quantitative estimate of drug-likeness (QED) is 0.749. The third-order valence-electron chi connectivity index (χ3n) is 2.92. The van der Waals surface area contributed by atoms with E-state index in [1.54, 1.807) is 23.7 Å². The first kappa shape index (κ1) is 14.7. The molecule has 0 saturated carbocycles. The molecule has 0 bridgehead atoms. The van der Waals surface area contributed by atoms with Crippen LogP contribution in [0.25, 0.3) is 11.8 Å². The Bertz CT molecular complexity index is 889. The van der Waals surface area contributed by atoms with Crippen molar-refractivity contribution in [2.75, 3.05) is 5.32 Å². The third-order valence-corrected chi connectivity index (χ3v) is 3.75. The summed E-state index contributed by atoms with van der Waals surface area (Å²) in [7, 11) is 0. The van der Waals surface area contributed by atoms with Gasteiger partial charge in [-0.3, -0.25) is 4.79 Å². The first-order valence-corrected chi connectivity index (χ1v) is 7.58. The summed E-state index contributed by atoms with van der Waals surface area (Å²) in [5, 5.41) is 22.3. The molecule has 23 heavy (non-hydrogen) atoms. The summed E-state index contributed by atoms with van der Waals surface area (Å²) >= 11 is 1.31. The molecule has 0 saturated heterocycles. The maximum absolute atomic E-state index is 11.9. The van der Waals surface area contributed by atoms with Crippen LogP contribution in [-0.4, -0.2) is 20.9 Å². The Morgan fingerprint density at radius 3 is 2.91 bits per heavy atom. The SMILES string of the molecule is N#Cc1ccsc1NC(=O)/C=C/c1cnn(-c2ccccc2)n1. The van der Waals surface area contributed by atoms with E-state index in [1.165, 1.54) is 22.2 Å². The highest BCUT2D eigenvalue weighted by Crippen LogP contribution is 2.21. The van der Waals surface area contributed by atoms with E-state index in [0.29, 0.717) is 16.3 Å².